The molecule has 5 heterocycles. The largest absolute Gasteiger partial charge is 0.278 e. The standard InChI is InChI=1S/C51H28N4S4/c1-7-21-43-31(11-1)35-15-9-17-37(47(35)58-43)50-52-49(29-23-25-45-38(27-29)33-13-3-5-19-41(33)56-45)53-51(54-50)55(30-24-26-46-39(28-30)34-14-4-6-20-42(34)57-46)40-18-10-16-36-32-12-2-8-22-44(32)59-48(36)40/h1-28H. The Morgan fingerprint density at radius 3 is 1.51 bits per heavy atom. The summed E-state index contributed by atoms with van der Waals surface area (Å²) in [6.07, 6.45) is 0. The molecule has 0 atom stereocenters. The molecule has 0 N–H and O–H groups in total. The number of nitrogens with zero attached hydrogens (tertiary/aromatic N) is 4. The molecule has 0 bridgehead atoms. The first-order valence-electron chi connectivity index (χ1n) is 19.4. The molecule has 0 aliphatic carbocycles. The normalized spacial score (nSPS) is 12.1. The third-order valence-corrected chi connectivity index (χ3v) is 16.1. The Kier molecular flexibility index (Phi) is 7.35. The third kappa shape index (κ3) is 5.21. The molecule has 13 rings (SSSR count). The van der Waals surface area contributed by atoms with Crippen LogP contribution in [0.5, 0.6) is 0 Å². The highest BCUT2D eigenvalue weighted by molar-refractivity contribution is 7.27. The van der Waals surface area contributed by atoms with Crippen molar-refractivity contribution in [1.82, 2.24) is 15.0 Å². The van der Waals surface area contributed by atoms with E-state index in [0.29, 0.717) is 17.6 Å². The van der Waals surface area contributed by atoms with E-state index < -0.39 is 0 Å². The summed E-state index contributed by atoms with van der Waals surface area (Å²) in [5.74, 6) is 1.85. The van der Waals surface area contributed by atoms with Gasteiger partial charge in [0, 0.05) is 92.8 Å². The highest BCUT2D eigenvalue weighted by atomic mass is 32.1. The maximum absolute atomic E-state index is 5.52. The summed E-state index contributed by atoms with van der Waals surface area (Å²) in [4.78, 5) is 18.6. The Hall–Kier alpha value is -6.55. The maximum atomic E-state index is 5.52. The maximum Gasteiger partial charge on any atom is 0.238 e. The van der Waals surface area contributed by atoms with Gasteiger partial charge < -0.3 is 0 Å². The smallest absolute Gasteiger partial charge is 0.238 e. The highest BCUT2D eigenvalue weighted by Gasteiger charge is 2.25. The van der Waals surface area contributed by atoms with E-state index in [1.54, 1.807) is 11.3 Å². The van der Waals surface area contributed by atoms with Crippen LogP contribution < -0.4 is 4.90 Å². The van der Waals surface area contributed by atoms with Gasteiger partial charge in [-0.25, -0.2) is 4.98 Å². The van der Waals surface area contributed by atoms with Crippen molar-refractivity contribution in [1.29, 1.82) is 0 Å². The molecule has 4 nitrogen and oxygen atoms in total. The predicted octanol–water partition coefficient (Wildman–Crippen LogP) is 16.1. The van der Waals surface area contributed by atoms with Crippen LogP contribution in [0.2, 0.25) is 0 Å². The molecule has 0 radical (unpaired) electrons. The Morgan fingerprint density at radius 2 is 0.831 bits per heavy atom. The second-order valence-corrected chi connectivity index (χ2v) is 19.0. The molecule has 0 spiro atoms. The molecule has 0 fully saturated rings. The van der Waals surface area contributed by atoms with Gasteiger partial charge in [0.2, 0.25) is 5.95 Å². The van der Waals surface area contributed by atoms with Crippen LogP contribution in [0.4, 0.5) is 17.3 Å². The first-order chi connectivity index (χ1) is 29.2. The topological polar surface area (TPSA) is 41.9 Å². The van der Waals surface area contributed by atoms with Crippen LogP contribution >= 0.6 is 45.3 Å². The number of thiophene rings is 4. The molecule has 5 aromatic heterocycles. The average molecular weight is 825 g/mol. The summed E-state index contributed by atoms with van der Waals surface area (Å²) in [5, 5.41) is 9.84. The van der Waals surface area contributed by atoms with E-state index in [4.69, 9.17) is 15.0 Å². The van der Waals surface area contributed by atoms with Gasteiger partial charge >= 0.3 is 0 Å². The van der Waals surface area contributed by atoms with Gasteiger partial charge in [0.15, 0.2) is 11.6 Å². The lowest BCUT2D eigenvalue weighted by molar-refractivity contribution is 1.03. The quantitative estimate of drug-likeness (QED) is 0.173. The number of rotatable bonds is 5. The number of hydrogen-bond acceptors (Lipinski definition) is 8. The molecule has 0 amide bonds. The zero-order chi connectivity index (χ0) is 38.6. The average Bonchev–Trinajstić information content (AvgIpc) is 4.06. The first-order valence-corrected chi connectivity index (χ1v) is 22.7. The fourth-order valence-corrected chi connectivity index (χ4v) is 13.2. The molecular weight excluding hydrogens is 797 g/mol. The fourth-order valence-electron chi connectivity index (χ4n) is 8.63. The predicted molar refractivity (Wildman–Crippen MR) is 257 cm³/mol. The summed E-state index contributed by atoms with van der Waals surface area (Å²) in [6, 6.07) is 61.2. The molecule has 276 valence electrons. The highest BCUT2D eigenvalue weighted by Crippen LogP contribution is 2.47. The van der Waals surface area contributed by atoms with Gasteiger partial charge in [-0.2, -0.15) is 9.97 Å². The van der Waals surface area contributed by atoms with Crippen molar-refractivity contribution in [2.24, 2.45) is 0 Å². The van der Waals surface area contributed by atoms with Gasteiger partial charge in [-0.15, -0.1) is 45.3 Å². The van der Waals surface area contributed by atoms with E-state index in [1.807, 2.05) is 34.0 Å². The third-order valence-electron chi connectivity index (χ3n) is 11.3. The van der Waals surface area contributed by atoms with Gasteiger partial charge in [0.05, 0.1) is 10.4 Å². The Bertz CT molecular complexity index is 3830. The molecule has 0 saturated heterocycles. The first kappa shape index (κ1) is 33.4. The molecule has 13 aromatic rings. The molecule has 8 heteroatoms. The molecule has 59 heavy (non-hydrogen) atoms. The van der Waals surface area contributed by atoms with Gasteiger partial charge in [-0.1, -0.05) is 97.1 Å². The fraction of sp³-hybridized carbons (Fsp3) is 0. The van der Waals surface area contributed by atoms with E-state index in [9.17, 15) is 0 Å². The van der Waals surface area contributed by atoms with Crippen LogP contribution in [0.3, 0.4) is 0 Å². The van der Waals surface area contributed by atoms with E-state index in [0.717, 1.165) is 22.5 Å². The minimum atomic E-state index is 0.572. The molecule has 0 aliphatic rings. The molecule has 0 aliphatic heterocycles. The zero-order valence-electron chi connectivity index (χ0n) is 31.1. The Balaban J connectivity index is 1.12. The molecule has 8 aromatic carbocycles. The zero-order valence-corrected chi connectivity index (χ0v) is 34.4. The van der Waals surface area contributed by atoms with E-state index in [1.165, 1.54) is 80.7 Å². The Morgan fingerprint density at radius 1 is 0.339 bits per heavy atom. The van der Waals surface area contributed by atoms with Crippen LogP contribution in [-0.2, 0) is 0 Å². The van der Waals surface area contributed by atoms with Gasteiger partial charge in [0.1, 0.15) is 0 Å². The summed E-state index contributed by atoms with van der Waals surface area (Å²) in [7, 11) is 0. The number of hydrogen-bond donors (Lipinski definition) is 0. The lowest BCUT2D eigenvalue weighted by Crippen LogP contribution is -2.15. The second kappa shape index (κ2) is 13.0. The second-order valence-electron chi connectivity index (χ2n) is 14.7. The number of benzene rings is 8. The lowest BCUT2D eigenvalue weighted by Gasteiger charge is -2.25. The van der Waals surface area contributed by atoms with E-state index >= 15 is 0 Å². The molecule has 0 saturated carbocycles. The summed E-state index contributed by atoms with van der Waals surface area (Å²) in [5.41, 5.74) is 3.97. The number of aromatic nitrogens is 3. The monoisotopic (exact) mass is 824 g/mol. The van der Waals surface area contributed by atoms with Crippen LogP contribution in [0, 0.1) is 0 Å². The van der Waals surface area contributed by atoms with Crippen molar-refractivity contribution in [2.75, 3.05) is 4.90 Å². The SMILES string of the molecule is c1ccc2c(c1)sc1ccc(-c3nc(-c4cccc5c4sc4ccccc45)nc(N(c4ccc5sc6ccccc6c5c4)c4cccc5c4sc4ccccc45)n3)cc12. The number of fused-ring (bicyclic) bond motifs is 12. The van der Waals surface area contributed by atoms with Crippen molar-refractivity contribution in [3.8, 4) is 22.8 Å². The van der Waals surface area contributed by atoms with Crippen LogP contribution in [-0.4, -0.2) is 15.0 Å². The van der Waals surface area contributed by atoms with Crippen LogP contribution in [0.1, 0.15) is 0 Å². The van der Waals surface area contributed by atoms with Crippen molar-refractivity contribution in [3.63, 3.8) is 0 Å². The summed E-state index contributed by atoms with van der Waals surface area (Å²) in [6.45, 7) is 0. The van der Waals surface area contributed by atoms with Gasteiger partial charge in [-0.3, -0.25) is 4.90 Å². The van der Waals surface area contributed by atoms with E-state index in [2.05, 4.69) is 175 Å². The van der Waals surface area contributed by atoms with Crippen molar-refractivity contribution < 1.29 is 0 Å². The summed E-state index contributed by atoms with van der Waals surface area (Å²) >= 11 is 7.26. The Labute approximate surface area is 353 Å². The summed E-state index contributed by atoms with van der Waals surface area (Å²) < 4.78 is 9.88. The van der Waals surface area contributed by atoms with Gasteiger partial charge in [-0.05, 0) is 72.8 Å². The minimum Gasteiger partial charge on any atom is -0.278 e. The van der Waals surface area contributed by atoms with E-state index in [-0.39, 0.29) is 0 Å². The van der Waals surface area contributed by atoms with Crippen molar-refractivity contribution in [2.45, 2.75) is 0 Å². The molecule has 0 unspecified atom stereocenters. The van der Waals surface area contributed by atoms with Crippen molar-refractivity contribution >= 4 is 143 Å². The van der Waals surface area contributed by atoms with Crippen molar-refractivity contribution in [3.05, 3.63) is 170 Å². The number of anilines is 3. The lowest BCUT2D eigenvalue weighted by atomic mass is 10.1. The molecular formula is C51H28N4S4. The van der Waals surface area contributed by atoms with Crippen LogP contribution in [0.15, 0.2) is 170 Å². The van der Waals surface area contributed by atoms with Crippen LogP contribution in [0.25, 0.3) is 103 Å². The minimum absolute atomic E-state index is 0.572. The van der Waals surface area contributed by atoms with Gasteiger partial charge in [0.25, 0.3) is 0 Å².